The molecule has 0 radical (unpaired) electrons. The number of anilines is 2. The number of aliphatic hydroxyl groups is 1. The summed E-state index contributed by atoms with van der Waals surface area (Å²) in [5, 5.41) is 17.7. The minimum atomic E-state index is -2.61. The van der Waals surface area contributed by atoms with Crippen molar-refractivity contribution < 1.29 is 23.8 Å². The number of hydrogen-bond acceptors (Lipinski definition) is 4. The number of aliphatic hydroxyl groups excluding tert-OH is 1. The molecule has 0 spiro atoms. The van der Waals surface area contributed by atoms with Crippen molar-refractivity contribution in [3.05, 3.63) is 23.8 Å². The van der Waals surface area contributed by atoms with E-state index in [-0.39, 0.29) is 30.1 Å². The van der Waals surface area contributed by atoms with Gasteiger partial charge in [-0.15, -0.1) is 0 Å². The molecule has 4 N–H and O–H groups in total. The molecule has 1 aromatic rings. The minimum Gasteiger partial charge on any atom is -0.478 e. The summed E-state index contributed by atoms with van der Waals surface area (Å²) in [6.07, 6.45) is -2.61. The number of nitrogen functional groups attached to an aromatic ring is 1. The van der Waals surface area contributed by atoms with Crippen LogP contribution in [0.15, 0.2) is 18.2 Å². The number of carbonyl (C=O) groups is 1. The van der Waals surface area contributed by atoms with Crippen molar-refractivity contribution in [1.82, 2.24) is 0 Å². The Morgan fingerprint density at radius 2 is 2.11 bits per heavy atom. The smallest absolute Gasteiger partial charge is 0.337 e. The topological polar surface area (TPSA) is 86.8 Å². The third-order valence-corrected chi connectivity index (χ3v) is 2.38. The van der Waals surface area contributed by atoms with Gasteiger partial charge in [0.25, 0.3) is 6.43 Å². The number of hydrogen-bond donors (Lipinski definition) is 3. The van der Waals surface area contributed by atoms with Crippen LogP contribution < -0.4 is 10.6 Å². The first-order valence-corrected chi connectivity index (χ1v) is 5.23. The van der Waals surface area contributed by atoms with Crippen molar-refractivity contribution in [1.29, 1.82) is 0 Å². The summed E-state index contributed by atoms with van der Waals surface area (Å²) >= 11 is 0. The molecule has 0 amide bonds. The van der Waals surface area contributed by atoms with E-state index in [4.69, 9.17) is 15.9 Å². The molecule has 1 aromatic carbocycles. The number of nitrogens with zero attached hydrogens (tertiary/aromatic N) is 1. The number of benzene rings is 1. The van der Waals surface area contributed by atoms with Crippen molar-refractivity contribution in [2.75, 3.05) is 30.3 Å². The normalized spacial score (nSPS) is 10.7. The van der Waals surface area contributed by atoms with Crippen molar-refractivity contribution in [2.24, 2.45) is 0 Å². The maximum Gasteiger partial charge on any atom is 0.337 e. The van der Waals surface area contributed by atoms with E-state index in [2.05, 4.69) is 0 Å². The van der Waals surface area contributed by atoms with Gasteiger partial charge in [0, 0.05) is 6.54 Å². The Balaban J connectivity index is 3.11. The fourth-order valence-electron chi connectivity index (χ4n) is 1.61. The Morgan fingerprint density at radius 3 is 2.61 bits per heavy atom. The number of aromatic carboxylic acids is 1. The number of halogens is 2. The molecule has 0 aliphatic carbocycles. The van der Waals surface area contributed by atoms with Gasteiger partial charge in [0.05, 0.1) is 30.1 Å². The molecule has 0 heterocycles. The predicted octanol–water partition coefficient (Wildman–Crippen LogP) is 1.03. The fraction of sp³-hybridized carbons (Fsp3) is 0.364. The van der Waals surface area contributed by atoms with Gasteiger partial charge < -0.3 is 20.8 Å². The minimum absolute atomic E-state index is 0.0440. The monoisotopic (exact) mass is 260 g/mol. The van der Waals surface area contributed by atoms with E-state index in [1.807, 2.05) is 0 Å². The summed E-state index contributed by atoms with van der Waals surface area (Å²) in [7, 11) is 0. The van der Waals surface area contributed by atoms with Crippen molar-refractivity contribution in [2.45, 2.75) is 6.43 Å². The zero-order valence-electron chi connectivity index (χ0n) is 9.51. The van der Waals surface area contributed by atoms with Crippen molar-refractivity contribution >= 4 is 17.3 Å². The number of rotatable bonds is 6. The Hall–Kier alpha value is -1.89. The Morgan fingerprint density at radius 1 is 1.44 bits per heavy atom. The first kappa shape index (κ1) is 14.2. The molecule has 0 fully saturated rings. The average molecular weight is 260 g/mol. The summed E-state index contributed by atoms with van der Waals surface area (Å²) in [5.74, 6) is -1.23. The van der Waals surface area contributed by atoms with Crippen LogP contribution in [0.4, 0.5) is 20.2 Å². The molecule has 5 nitrogen and oxygen atoms in total. The molecule has 100 valence electrons. The third kappa shape index (κ3) is 3.30. The van der Waals surface area contributed by atoms with Crippen LogP contribution in [0, 0.1) is 0 Å². The lowest BCUT2D eigenvalue weighted by atomic mass is 10.1. The maximum atomic E-state index is 12.4. The number of carboxylic acids is 1. The van der Waals surface area contributed by atoms with Crippen molar-refractivity contribution in [3.63, 3.8) is 0 Å². The van der Waals surface area contributed by atoms with Gasteiger partial charge in [-0.2, -0.15) is 0 Å². The van der Waals surface area contributed by atoms with Crippen LogP contribution in [0.5, 0.6) is 0 Å². The molecule has 1 rings (SSSR count). The quantitative estimate of drug-likeness (QED) is 0.665. The highest BCUT2D eigenvalue weighted by molar-refractivity contribution is 5.97. The summed E-state index contributed by atoms with van der Waals surface area (Å²) in [5.41, 5.74) is 5.59. The standard InChI is InChI=1S/C11H14F2N2O3/c12-9(13)6-15(4-5-16)8-3-1-2-7(10(8)14)11(17)18/h1-3,9,16H,4-6,14H2,(H,17,18). The number of para-hydroxylation sites is 1. The van der Waals surface area contributed by atoms with Gasteiger partial charge in [0.1, 0.15) is 0 Å². The third-order valence-electron chi connectivity index (χ3n) is 2.38. The molecule has 0 unspecified atom stereocenters. The second-order valence-corrected chi connectivity index (χ2v) is 3.60. The lowest BCUT2D eigenvalue weighted by Crippen LogP contribution is -2.32. The highest BCUT2D eigenvalue weighted by Gasteiger charge is 2.18. The number of nitrogens with two attached hydrogens (primary N) is 1. The SMILES string of the molecule is Nc1c(C(=O)O)cccc1N(CCO)CC(F)F. The van der Waals surface area contributed by atoms with E-state index < -0.39 is 18.9 Å². The van der Waals surface area contributed by atoms with Crippen LogP contribution >= 0.6 is 0 Å². The van der Waals surface area contributed by atoms with Crippen LogP contribution in [0.1, 0.15) is 10.4 Å². The summed E-state index contributed by atoms with van der Waals surface area (Å²) in [6, 6.07) is 4.16. The molecule has 0 bridgehead atoms. The van der Waals surface area contributed by atoms with Gasteiger partial charge in [-0.05, 0) is 12.1 Å². The van der Waals surface area contributed by atoms with Gasteiger partial charge in [-0.1, -0.05) is 6.07 Å². The van der Waals surface area contributed by atoms with Gasteiger partial charge in [-0.3, -0.25) is 0 Å². The van der Waals surface area contributed by atoms with Crippen LogP contribution in [0.2, 0.25) is 0 Å². The van der Waals surface area contributed by atoms with Crippen molar-refractivity contribution in [3.8, 4) is 0 Å². The van der Waals surface area contributed by atoms with E-state index >= 15 is 0 Å². The van der Waals surface area contributed by atoms with Gasteiger partial charge in [-0.25, -0.2) is 13.6 Å². The van der Waals surface area contributed by atoms with Crippen LogP contribution in [-0.2, 0) is 0 Å². The molecule has 0 aliphatic rings. The lowest BCUT2D eigenvalue weighted by molar-refractivity contribution is 0.0698. The Kier molecular flexibility index (Phi) is 4.85. The predicted molar refractivity (Wildman–Crippen MR) is 63.1 cm³/mol. The zero-order chi connectivity index (χ0) is 13.7. The molecule has 0 aromatic heterocycles. The molecule has 7 heteroatoms. The molecular formula is C11H14F2N2O3. The molecule has 18 heavy (non-hydrogen) atoms. The summed E-state index contributed by atoms with van der Waals surface area (Å²) in [6.45, 7) is -0.991. The highest BCUT2D eigenvalue weighted by atomic mass is 19.3. The number of carboxylic acid groups (broad SMARTS) is 1. The van der Waals surface area contributed by atoms with Gasteiger partial charge in [0.15, 0.2) is 0 Å². The van der Waals surface area contributed by atoms with Crippen LogP contribution in [0.25, 0.3) is 0 Å². The maximum absolute atomic E-state index is 12.4. The van der Waals surface area contributed by atoms with Crippen LogP contribution in [0.3, 0.4) is 0 Å². The molecule has 0 saturated heterocycles. The molecule has 0 saturated carbocycles. The second-order valence-electron chi connectivity index (χ2n) is 3.60. The average Bonchev–Trinajstić information content (AvgIpc) is 2.27. The summed E-state index contributed by atoms with van der Waals surface area (Å²) in [4.78, 5) is 12.0. The fourth-order valence-corrected chi connectivity index (χ4v) is 1.61. The van der Waals surface area contributed by atoms with Gasteiger partial charge in [0.2, 0.25) is 0 Å². The lowest BCUT2D eigenvalue weighted by Gasteiger charge is -2.25. The van der Waals surface area contributed by atoms with E-state index in [0.717, 1.165) is 4.90 Å². The largest absolute Gasteiger partial charge is 0.478 e. The molecule has 0 aliphatic heterocycles. The highest BCUT2D eigenvalue weighted by Crippen LogP contribution is 2.27. The first-order chi connectivity index (χ1) is 8.47. The van der Waals surface area contributed by atoms with E-state index in [1.165, 1.54) is 18.2 Å². The van der Waals surface area contributed by atoms with Crippen LogP contribution in [-0.4, -0.2) is 42.3 Å². The Labute approximate surface area is 102 Å². The van der Waals surface area contributed by atoms with Gasteiger partial charge >= 0.3 is 5.97 Å². The molecular weight excluding hydrogens is 246 g/mol. The molecule has 0 atom stereocenters. The Bertz CT molecular complexity index is 427. The number of alkyl halides is 2. The van der Waals surface area contributed by atoms with E-state index in [0.29, 0.717) is 0 Å². The second kappa shape index (κ2) is 6.15. The van der Waals surface area contributed by atoms with E-state index in [9.17, 15) is 13.6 Å². The zero-order valence-corrected chi connectivity index (χ0v) is 9.51. The summed E-state index contributed by atoms with van der Waals surface area (Å²) < 4.78 is 24.8. The first-order valence-electron chi connectivity index (χ1n) is 5.23. The van der Waals surface area contributed by atoms with E-state index in [1.54, 1.807) is 0 Å².